The highest BCUT2D eigenvalue weighted by atomic mass is 19.2. The lowest BCUT2D eigenvalue weighted by atomic mass is 10.2. The molecule has 0 atom stereocenters. The quantitative estimate of drug-likeness (QED) is 0.698. The van der Waals surface area contributed by atoms with Crippen LogP contribution in [0, 0.1) is 17.5 Å². The maximum Gasteiger partial charge on any atom is 0.295 e. The van der Waals surface area contributed by atoms with Crippen molar-refractivity contribution in [1.82, 2.24) is 4.73 Å². The minimum atomic E-state index is -1.72. The number of pyridine rings is 1. The molecule has 3 rings (SSSR count). The monoisotopic (exact) mass is 374 g/mol. The summed E-state index contributed by atoms with van der Waals surface area (Å²) in [6.07, 6.45) is 1.32. The number of rotatable bonds is 5. The van der Waals surface area contributed by atoms with Crippen LogP contribution in [0.3, 0.4) is 0 Å². The first-order valence-corrected chi connectivity index (χ1v) is 7.81. The number of hydrogen-bond donors (Lipinski definition) is 1. The van der Waals surface area contributed by atoms with E-state index >= 15 is 0 Å². The Morgan fingerprint density at radius 2 is 1.70 bits per heavy atom. The molecule has 0 radical (unpaired) electrons. The standard InChI is InChI=1S/C19H13F3N2O3/c20-14-8-9-15(17(22)16(14)21)23-18(25)13-7-4-10-24(19(13)26)27-11-12-5-2-1-3-6-12/h1-10H,11H2,(H,23,25). The highest BCUT2D eigenvalue weighted by molar-refractivity contribution is 6.04. The smallest absolute Gasteiger partial charge is 0.295 e. The number of benzene rings is 2. The van der Waals surface area contributed by atoms with E-state index in [1.54, 1.807) is 12.1 Å². The fourth-order valence-corrected chi connectivity index (χ4v) is 2.28. The highest BCUT2D eigenvalue weighted by Crippen LogP contribution is 2.19. The van der Waals surface area contributed by atoms with Crippen LogP contribution in [0.4, 0.5) is 18.9 Å². The van der Waals surface area contributed by atoms with E-state index in [1.165, 1.54) is 18.3 Å². The van der Waals surface area contributed by atoms with Crippen molar-refractivity contribution in [2.75, 3.05) is 5.32 Å². The zero-order chi connectivity index (χ0) is 19.4. The number of halogens is 3. The molecule has 0 aliphatic carbocycles. The van der Waals surface area contributed by atoms with Crippen molar-refractivity contribution in [2.45, 2.75) is 6.61 Å². The Kier molecular flexibility index (Phi) is 5.25. The molecule has 27 heavy (non-hydrogen) atoms. The molecule has 0 aliphatic rings. The first-order valence-electron chi connectivity index (χ1n) is 7.81. The zero-order valence-corrected chi connectivity index (χ0v) is 13.8. The van der Waals surface area contributed by atoms with E-state index in [9.17, 15) is 22.8 Å². The second-order valence-corrected chi connectivity index (χ2v) is 5.49. The maximum absolute atomic E-state index is 13.7. The van der Waals surface area contributed by atoms with Gasteiger partial charge in [-0.3, -0.25) is 9.59 Å². The molecule has 2 aromatic carbocycles. The summed E-state index contributed by atoms with van der Waals surface area (Å²) in [5, 5.41) is 2.05. The van der Waals surface area contributed by atoms with Crippen LogP contribution < -0.4 is 15.7 Å². The summed E-state index contributed by atoms with van der Waals surface area (Å²) in [6.45, 7) is 0.0869. The largest absolute Gasteiger partial charge is 0.406 e. The van der Waals surface area contributed by atoms with Crippen molar-refractivity contribution in [2.24, 2.45) is 0 Å². The van der Waals surface area contributed by atoms with Crippen molar-refractivity contribution >= 4 is 11.6 Å². The minimum Gasteiger partial charge on any atom is -0.406 e. The number of aromatic nitrogens is 1. The van der Waals surface area contributed by atoms with Crippen molar-refractivity contribution in [1.29, 1.82) is 0 Å². The molecule has 0 saturated heterocycles. The van der Waals surface area contributed by atoms with Gasteiger partial charge in [-0.15, -0.1) is 0 Å². The Bertz CT molecular complexity index is 1040. The molecule has 1 heterocycles. The molecule has 0 fully saturated rings. The van der Waals surface area contributed by atoms with E-state index in [1.807, 2.05) is 23.5 Å². The normalized spacial score (nSPS) is 10.5. The number of amides is 1. The van der Waals surface area contributed by atoms with E-state index in [2.05, 4.69) is 0 Å². The van der Waals surface area contributed by atoms with Gasteiger partial charge < -0.3 is 10.2 Å². The lowest BCUT2D eigenvalue weighted by Crippen LogP contribution is -2.32. The molecule has 138 valence electrons. The number of carbonyl (C=O) groups excluding carboxylic acids is 1. The molecule has 0 unspecified atom stereocenters. The van der Waals surface area contributed by atoms with E-state index in [0.717, 1.165) is 16.4 Å². The SMILES string of the molecule is O=C(Nc1ccc(F)c(F)c1F)c1cccn(OCc2ccccc2)c1=O. The molecule has 1 N–H and O–H groups in total. The topological polar surface area (TPSA) is 60.3 Å². The van der Waals surface area contributed by atoms with Crippen LogP contribution in [-0.2, 0) is 6.61 Å². The number of carbonyl (C=O) groups is 1. The minimum absolute atomic E-state index is 0.0869. The molecule has 0 aliphatic heterocycles. The molecule has 1 aromatic heterocycles. The molecule has 8 heteroatoms. The maximum atomic E-state index is 13.7. The second kappa shape index (κ2) is 7.77. The van der Waals surface area contributed by atoms with Gasteiger partial charge in [0.25, 0.3) is 11.5 Å². The van der Waals surface area contributed by atoms with Gasteiger partial charge in [0.15, 0.2) is 17.5 Å². The van der Waals surface area contributed by atoms with E-state index in [4.69, 9.17) is 4.84 Å². The van der Waals surface area contributed by atoms with Gasteiger partial charge in [-0.2, -0.15) is 4.73 Å². The van der Waals surface area contributed by atoms with Crippen molar-refractivity contribution in [3.63, 3.8) is 0 Å². The molecular weight excluding hydrogens is 361 g/mol. The van der Waals surface area contributed by atoms with Crippen molar-refractivity contribution in [3.05, 3.63) is 99.7 Å². The van der Waals surface area contributed by atoms with E-state index in [-0.39, 0.29) is 12.2 Å². The van der Waals surface area contributed by atoms with Gasteiger partial charge in [0.1, 0.15) is 12.2 Å². The lowest BCUT2D eigenvalue weighted by Gasteiger charge is -2.11. The van der Waals surface area contributed by atoms with Gasteiger partial charge in [-0.25, -0.2) is 13.2 Å². The van der Waals surface area contributed by atoms with Crippen molar-refractivity contribution < 1.29 is 22.8 Å². The summed E-state index contributed by atoms with van der Waals surface area (Å²) in [7, 11) is 0. The average molecular weight is 374 g/mol. The van der Waals surface area contributed by atoms with Crippen LogP contribution in [0.25, 0.3) is 0 Å². The predicted molar refractivity (Wildman–Crippen MR) is 91.7 cm³/mol. The summed E-state index contributed by atoms with van der Waals surface area (Å²) in [5.41, 5.74) is -0.911. The summed E-state index contributed by atoms with van der Waals surface area (Å²) in [6, 6.07) is 13.2. The fourth-order valence-electron chi connectivity index (χ4n) is 2.28. The Hall–Kier alpha value is -3.55. The van der Waals surface area contributed by atoms with E-state index in [0.29, 0.717) is 6.07 Å². The molecule has 0 spiro atoms. The average Bonchev–Trinajstić information content (AvgIpc) is 2.68. The van der Waals surface area contributed by atoms with Gasteiger partial charge >= 0.3 is 0 Å². The van der Waals surface area contributed by atoms with Gasteiger partial charge in [0, 0.05) is 6.20 Å². The third kappa shape index (κ3) is 4.00. The number of anilines is 1. The summed E-state index contributed by atoms with van der Waals surface area (Å²) < 4.78 is 40.8. The van der Waals surface area contributed by atoms with Gasteiger partial charge in [-0.1, -0.05) is 30.3 Å². The third-order valence-corrected chi connectivity index (χ3v) is 3.66. The van der Waals surface area contributed by atoms with Crippen LogP contribution in [-0.4, -0.2) is 10.6 Å². The highest BCUT2D eigenvalue weighted by Gasteiger charge is 2.18. The Balaban J connectivity index is 1.80. The van der Waals surface area contributed by atoms with E-state index < -0.39 is 34.6 Å². The molecule has 0 bridgehead atoms. The van der Waals surface area contributed by atoms with Crippen LogP contribution >= 0.6 is 0 Å². The lowest BCUT2D eigenvalue weighted by molar-refractivity contribution is 0.0863. The third-order valence-electron chi connectivity index (χ3n) is 3.66. The van der Waals surface area contributed by atoms with Crippen LogP contribution in [0.15, 0.2) is 65.6 Å². The van der Waals surface area contributed by atoms with Gasteiger partial charge in [-0.05, 0) is 29.8 Å². The predicted octanol–water partition coefficient (Wildman–Crippen LogP) is 3.15. The molecular formula is C19H13F3N2O3. The van der Waals surface area contributed by atoms with Gasteiger partial charge in [0.2, 0.25) is 0 Å². The second-order valence-electron chi connectivity index (χ2n) is 5.49. The Morgan fingerprint density at radius 1 is 0.963 bits per heavy atom. The summed E-state index contributed by atoms with van der Waals surface area (Å²) >= 11 is 0. The Morgan fingerprint density at radius 3 is 2.44 bits per heavy atom. The number of nitrogens with one attached hydrogen (secondary N) is 1. The number of hydrogen-bond acceptors (Lipinski definition) is 3. The first-order chi connectivity index (χ1) is 13.0. The zero-order valence-electron chi connectivity index (χ0n) is 13.8. The van der Waals surface area contributed by atoms with Crippen LogP contribution in [0.5, 0.6) is 0 Å². The summed E-state index contributed by atoms with van der Waals surface area (Å²) in [5.74, 6) is -5.64. The molecule has 0 saturated carbocycles. The summed E-state index contributed by atoms with van der Waals surface area (Å²) in [4.78, 5) is 30.0. The molecule has 5 nitrogen and oxygen atoms in total. The van der Waals surface area contributed by atoms with Crippen LogP contribution in [0.1, 0.15) is 15.9 Å². The molecule has 3 aromatic rings. The number of nitrogens with zero attached hydrogens (tertiary/aromatic N) is 1. The van der Waals surface area contributed by atoms with Crippen LogP contribution in [0.2, 0.25) is 0 Å². The first kappa shape index (κ1) is 18.2. The fraction of sp³-hybridized carbons (Fsp3) is 0.0526. The van der Waals surface area contributed by atoms with Crippen molar-refractivity contribution in [3.8, 4) is 0 Å². The molecule has 1 amide bonds. The Labute approximate surface area is 151 Å². The van der Waals surface area contributed by atoms with Gasteiger partial charge in [0.05, 0.1) is 5.69 Å².